The molecular weight excluding hydrogens is 107 g/mol. The Labute approximate surface area is 38.5 Å². The number of hydrogen-bond acceptors (Lipinski definition) is 0. The topological polar surface area (TPSA) is 0 Å². The minimum atomic E-state index is -0.139. The van der Waals surface area contributed by atoms with Crippen molar-refractivity contribution < 1.29 is 17.6 Å². The summed E-state index contributed by atoms with van der Waals surface area (Å²) in [6.45, 7) is 1.98. The molecule has 0 heterocycles. The van der Waals surface area contributed by atoms with Crippen molar-refractivity contribution >= 4 is 13.6 Å². The van der Waals surface area contributed by atoms with Crippen LogP contribution in [0.5, 0.6) is 0 Å². The summed E-state index contributed by atoms with van der Waals surface area (Å²) in [6, 6.07) is 0. The van der Waals surface area contributed by atoms with E-state index in [4.69, 9.17) is 9.30 Å². The SMILES string of the molecule is C[CH]=[Ti][Cl]. The third kappa shape index (κ3) is 2.87. The zero-order chi connectivity index (χ0) is 3.41. The Hall–Kier alpha value is 0.874. The predicted octanol–water partition coefficient (Wildman–Crippen LogP) is 1.04. The second-order valence-electron chi connectivity index (χ2n) is 0.398. The molecule has 0 aromatic carbocycles. The van der Waals surface area contributed by atoms with Crippen molar-refractivity contribution in [1.29, 1.82) is 0 Å². The van der Waals surface area contributed by atoms with Crippen LogP contribution in [0.25, 0.3) is 0 Å². The van der Waals surface area contributed by atoms with Gasteiger partial charge in [0.25, 0.3) is 0 Å². The molecule has 2 heteroatoms. The number of rotatable bonds is 0. The summed E-state index contributed by atoms with van der Waals surface area (Å²) < 4.78 is 2.02. The summed E-state index contributed by atoms with van der Waals surface area (Å²) in [7, 11) is 5.26. The molecule has 0 bridgehead atoms. The fourth-order valence-electron chi connectivity index (χ4n) is 0. The van der Waals surface area contributed by atoms with Crippen molar-refractivity contribution in [2.24, 2.45) is 0 Å². The monoisotopic (exact) mass is 111 g/mol. The molecule has 0 aliphatic heterocycles. The van der Waals surface area contributed by atoms with E-state index in [1.54, 1.807) is 0 Å². The van der Waals surface area contributed by atoms with Gasteiger partial charge < -0.3 is 0 Å². The van der Waals surface area contributed by atoms with Crippen LogP contribution in [-0.4, -0.2) is 4.31 Å². The Morgan fingerprint density at radius 2 is 2.25 bits per heavy atom. The van der Waals surface area contributed by atoms with Gasteiger partial charge in [-0.1, -0.05) is 0 Å². The molecule has 0 aromatic heterocycles. The molecule has 0 amide bonds. The first-order valence-electron chi connectivity index (χ1n) is 1.06. The molecule has 0 saturated carbocycles. The molecule has 0 atom stereocenters. The molecule has 4 heavy (non-hydrogen) atoms. The fraction of sp³-hybridized carbons (Fsp3) is 0.500. The van der Waals surface area contributed by atoms with Crippen molar-refractivity contribution in [3.63, 3.8) is 0 Å². The quantitative estimate of drug-likeness (QED) is 0.410. The molecule has 0 N–H and O–H groups in total. The van der Waals surface area contributed by atoms with Crippen molar-refractivity contribution in [2.75, 3.05) is 0 Å². The maximum absolute atomic E-state index is 5.26. The van der Waals surface area contributed by atoms with Gasteiger partial charge in [-0.15, -0.1) is 0 Å². The van der Waals surface area contributed by atoms with Crippen LogP contribution in [0.1, 0.15) is 6.92 Å². The van der Waals surface area contributed by atoms with Crippen LogP contribution in [0.15, 0.2) is 0 Å². The molecule has 0 nitrogen and oxygen atoms in total. The molecule has 23 valence electrons. The van der Waals surface area contributed by atoms with Gasteiger partial charge in [0.1, 0.15) is 0 Å². The Kier molecular flexibility index (Phi) is 4.72. The molecular formula is C2H4ClTi. The predicted molar refractivity (Wildman–Crippen MR) is 17.6 cm³/mol. The second kappa shape index (κ2) is 3.87. The molecule has 0 unspecified atom stereocenters. The minimum absolute atomic E-state index is 0.139. The fourth-order valence-corrected chi connectivity index (χ4v) is 0. The average Bonchev–Trinajstić information content (AvgIpc) is 1.37. The molecule has 0 spiro atoms. The first-order chi connectivity index (χ1) is 1.91. The third-order valence-electron chi connectivity index (χ3n) is 0.109. The molecule has 0 aromatic rings. The molecule has 0 fully saturated rings. The Balaban J connectivity index is 2.55. The van der Waals surface area contributed by atoms with Gasteiger partial charge in [-0.2, -0.15) is 0 Å². The van der Waals surface area contributed by atoms with Crippen molar-refractivity contribution in [1.82, 2.24) is 0 Å². The number of halogens is 1. The van der Waals surface area contributed by atoms with E-state index in [0.717, 1.165) is 0 Å². The average molecular weight is 111 g/mol. The van der Waals surface area contributed by atoms with E-state index >= 15 is 0 Å². The molecule has 0 aliphatic carbocycles. The zero-order valence-corrected chi connectivity index (χ0v) is 4.77. The standard InChI is InChI=1S/C2H4.ClH.Ti/c1-2;;/h1H,2H3;1H;/q;;+1/p-1. The first-order valence-corrected chi connectivity index (χ1v) is 4.11. The van der Waals surface area contributed by atoms with Crippen LogP contribution in [0.3, 0.4) is 0 Å². The van der Waals surface area contributed by atoms with Gasteiger partial charge in [0, 0.05) is 0 Å². The summed E-state index contributed by atoms with van der Waals surface area (Å²) in [5, 5.41) is 0. The van der Waals surface area contributed by atoms with Crippen LogP contribution >= 0.6 is 9.30 Å². The van der Waals surface area contributed by atoms with E-state index in [2.05, 4.69) is 0 Å². The van der Waals surface area contributed by atoms with Crippen LogP contribution < -0.4 is 0 Å². The van der Waals surface area contributed by atoms with Gasteiger partial charge in [-0.25, -0.2) is 0 Å². The summed E-state index contributed by atoms with van der Waals surface area (Å²) in [4.78, 5) is 0. The molecule has 0 rings (SSSR count). The van der Waals surface area contributed by atoms with Crippen LogP contribution in [0.4, 0.5) is 0 Å². The molecule has 0 saturated heterocycles. The van der Waals surface area contributed by atoms with E-state index in [0.29, 0.717) is 0 Å². The van der Waals surface area contributed by atoms with Crippen LogP contribution in [0, 0.1) is 0 Å². The normalized spacial score (nSPS) is 7.50. The summed E-state index contributed by atoms with van der Waals surface area (Å²) in [5.74, 6) is 0. The van der Waals surface area contributed by atoms with E-state index < -0.39 is 0 Å². The van der Waals surface area contributed by atoms with Crippen molar-refractivity contribution in [3.05, 3.63) is 0 Å². The summed E-state index contributed by atoms with van der Waals surface area (Å²) in [6.07, 6.45) is 0. The van der Waals surface area contributed by atoms with Gasteiger partial charge in [0.05, 0.1) is 0 Å². The Morgan fingerprint density at radius 3 is 2.25 bits per heavy atom. The molecule has 0 radical (unpaired) electrons. The van der Waals surface area contributed by atoms with Gasteiger partial charge in [0.15, 0.2) is 0 Å². The zero-order valence-electron chi connectivity index (χ0n) is 2.46. The van der Waals surface area contributed by atoms with Gasteiger partial charge >= 0.3 is 38.2 Å². The van der Waals surface area contributed by atoms with Crippen molar-refractivity contribution in [3.8, 4) is 0 Å². The van der Waals surface area contributed by atoms with Crippen LogP contribution in [-0.2, 0) is 17.6 Å². The second-order valence-corrected chi connectivity index (χ2v) is 2.54. The van der Waals surface area contributed by atoms with E-state index in [-0.39, 0.29) is 17.6 Å². The van der Waals surface area contributed by atoms with Gasteiger partial charge in [0.2, 0.25) is 0 Å². The van der Waals surface area contributed by atoms with E-state index in [1.807, 2.05) is 11.2 Å². The van der Waals surface area contributed by atoms with Gasteiger partial charge in [-0.3, -0.25) is 0 Å². The van der Waals surface area contributed by atoms with Crippen LogP contribution in [0.2, 0.25) is 0 Å². The van der Waals surface area contributed by atoms with E-state index in [9.17, 15) is 0 Å². The summed E-state index contributed by atoms with van der Waals surface area (Å²) >= 11 is -0.139. The number of hydrogen-bond donors (Lipinski definition) is 0. The van der Waals surface area contributed by atoms with Crippen molar-refractivity contribution in [2.45, 2.75) is 6.92 Å². The summed E-state index contributed by atoms with van der Waals surface area (Å²) in [5.41, 5.74) is 0. The Bertz CT molecular complexity index is 21.2. The van der Waals surface area contributed by atoms with E-state index in [1.165, 1.54) is 0 Å². The van der Waals surface area contributed by atoms with Gasteiger partial charge in [-0.05, 0) is 0 Å². The Morgan fingerprint density at radius 1 is 2.00 bits per heavy atom. The molecule has 0 aliphatic rings. The first kappa shape index (κ1) is 4.87. The third-order valence-corrected chi connectivity index (χ3v) is 1.35. The maximum atomic E-state index is 5.26.